The monoisotopic (exact) mass is 473 g/mol. The Morgan fingerprint density at radius 3 is 2.26 bits per heavy atom. The van der Waals surface area contributed by atoms with Crippen LogP contribution in [0.1, 0.15) is 44.4 Å². The van der Waals surface area contributed by atoms with Crippen molar-refractivity contribution in [3.63, 3.8) is 0 Å². The number of nitrogens with zero attached hydrogens (tertiary/aromatic N) is 4. The van der Waals surface area contributed by atoms with Gasteiger partial charge in [-0.25, -0.2) is 14.3 Å². The molecule has 182 valence electrons. The van der Waals surface area contributed by atoms with Crippen molar-refractivity contribution in [2.45, 2.75) is 52.9 Å². The first kappa shape index (κ1) is 24.2. The number of amides is 1. The maximum absolute atomic E-state index is 13.5. The Labute approximate surface area is 203 Å². The fourth-order valence-electron chi connectivity index (χ4n) is 4.11. The lowest BCUT2D eigenvalue weighted by atomic mass is 10.1. The highest BCUT2D eigenvalue weighted by Crippen LogP contribution is 2.13. The second-order valence-electron chi connectivity index (χ2n) is 9.24. The minimum absolute atomic E-state index is 0.250. The fraction of sp³-hybridized carbons (Fsp3) is 0.333. The third-order valence-electron chi connectivity index (χ3n) is 6.09. The van der Waals surface area contributed by atoms with Gasteiger partial charge in [-0.3, -0.25) is 14.2 Å². The van der Waals surface area contributed by atoms with E-state index >= 15 is 0 Å². The van der Waals surface area contributed by atoms with E-state index < -0.39 is 17.2 Å². The van der Waals surface area contributed by atoms with Crippen LogP contribution in [0.4, 0.5) is 0 Å². The van der Waals surface area contributed by atoms with Crippen LogP contribution in [0.5, 0.6) is 0 Å². The summed E-state index contributed by atoms with van der Waals surface area (Å²) in [6.45, 7) is 6.58. The van der Waals surface area contributed by atoms with Gasteiger partial charge >= 0.3 is 5.69 Å². The first-order chi connectivity index (χ1) is 16.8. The Balaban J connectivity index is 1.73. The van der Waals surface area contributed by atoms with Crippen molar-refractivity contribution >= 4 is 17.1 Å². The van der Waals surface area contributed by atoms with Crippen molar-refractivity contribution in [3.8, 4) is 0 Å². The summed E-state index contributed by atoms with van der Waals surface area (Å²) in [4.78, 5) is 44.3. The topological polar surface area (TPSA) is 90.9 Å². The summed E-state index contributed by atoms with van der Waals surface area (Å²) in [6, 6.07) is 18.8. The minimum atomic E-state index is -0.553. The molecule has 0 fully saturated rings. The van der Waals surface area contributed by atoms with Crippen LogP contribution in [0, 0.1) is 5.92 Å². The number of hydrogen-bond donors (Lipinski definition) is 1. The zero-order valence-electron chi connectivity index (χ0n) is 20.3. The van der Waals surface area contributed by atoms with Crippen LogP contribution in [0.25, 0.3) is 11.2 Å². The highest BCUT2D eigenvalue weighted by molar-refractivity contribution is 5.77. The molecule has 35 heavy (non-hydrogen) atoms. The Kier molecular flexibility index (Phi) is 7.29. The molecule has 0 saturated heterocycles. The van der Waals surface area contributed by atoms with Gasteiger partial charge < -0.3 is 9.88 Å². The normalized spacial score (nSPS) is 12.2. The van der Waals surface area contributed by atoms with Crippen LogP contribution < -0.4 is 16.6 Å². The van der Waals surface area contributed by atoms with Crippen molar-refractivity contribution in [2.75, 3.05) is 0 Å². The van der Waals surface area contributed by atoms with E-state index in [4.69, 9.17) is 0 Å². The molecule has 0 aliphatic heterocycles. The summed E-state index contributed by atoms with van der Waals surface area (Å²) in [5.41, 5.74) is 1.46. The highest BCUT2D eigenvalue weighted by atomic mass is 16.2. The average Bonchev–Trinajstić information content (AvgIpc) is 3.28. The Morgan fingerprint density at radius 1 is 0.943 bits per heavy atom. The van der Waals surface area contributed by atoms with E-state index in [0.29, 0.717) is 23.6 Å². The second-order valence-corrected chi connectivity index (χ2v) is 9.24. The molecule has 0 saturated carbocycles. The molecule has 8 heteroatoms. The number of carbonyl (C=O) groups excluding carboxylic acids is 1. The van der Waals surface area contributed by atoms with Gasteiger partial charge in [0.2, 0.25) is 5.91 Å². The number of benzene rings is 2. The van der Waals surface area contributed by atoms with E-state index in [1.54, 1.807) is 10.9 Å². The van der Waals surface area contributed by atoms with Crippen LogP contribution in [0.2, 0.25) is 0 Å². The zero-order chi connectivity index (χ0) is 24.9. The van der Waals surface area contributed by atoms with Gasteiger partial charge in [-0.2, -0.15) is 0 Å². The van der Waals surface area contributed by atoms with Crippen LogP contribution in [-0.2, 0) is 24.4 Å². The van der Waals surface area contributed by atoms with Crippen molar-refractivity contribution in [3.05, 3.63) is 99.0 Å². The standard InChI is InChI=1S/C27H31N5O3/c1-19(2)14-15-30-18-28-25-24(30)26(34)32(27(35)31(25)16-21-10-6-4-7-11-21)17-23(33)29-20(3)22-12-8-5-9-13-22/h4-13,18-20H,14-17H2,1-3H3,(H,29,33). The Hall–Kier alpha value is -3.94. The van der Waals surface area contributed by atoms with Crippen molar-refractivity contribution < 1.29 is 4.79 Å². The predicted molar refractivity (Wildman–Crippen MR) is 136 cm³/mol. The largest absolute Gasteiger partial charge is 0.348 e. The molecular weight excluding hydrogens is 442 g/mol. The maximum Gasteiger partial charge on any atom is 0.333 e. The summed E-state index contributed by atoms with van der Waals surface area (Å²) < 4.78 is 4.29. The van der Waals surface area contributed by atoms with E-state index in [-0.39, 0.29) is 19.1 Å². The first-order valence-corrected chi connectivity index (χ1v) is 11.9. The molecule has 1 unspecified atom stereocenters. The summed E-state index contributed by atoms with van der Waals surface area (Å²) in [5, 5.41) is 2.90. The lowest BCUT2D eigenvalue weighted by Gasteiger charge is -2.16. The SMILES string of the molecule is CC(C)CCn1cnc2c1c(=O)n(CC(=O)NC(C)c1ccccc1)c(=O)n2Cc1ccccc1. The summed E-state index contributed by atoms with van der Waals surface area (Å²) in [5.74, 6) is 0.0366. The Bertz CT molecular complexity index is 1420. The van der Waals surface area contributed by atoms with Gasteiger partial charge in [0, 0.05) is 6.54 Å². The number of hydrogen-bond acceptors (Lipinski definition) is 4. The van der Waals surface area contributed by atoms with Gasteiger partial charge in [-0.1, -0.05) is 74.5 Å². The van der Waals surface area contributed by atoms with Gasteiger partial charge in [0.05, 0.1) is 18.9 Å². The third-order valence-corrected chi connectivity index (χ3v) is 6.09. The number of aromatic nitrogens is 4. The second kappa shape index (κ2) is 10.5. The predicted octanol–water partition coefficient (Wildman–Crippen LogP) is 3.33. The molecule has 2 aromatic carbocycles. The lowest BCUT2D eigenvalue weighted by Crippen LogP contribution is -2.44. The van der Waals surface area contributed by atoms with E-state index in [1.807, 2.05) is 67.6 Å². The van der Waals surface area contributed by atoms with Crippen molar-refractivity contribution in [2.24, 2.45) is 5.92 Å². The lowest BCUT2D eigenvalue weighted by molar-refractivity contribution is -0.122. The van der Waals surface area contributed by atoms with Crippen LogP contribution in [-0.4, -0.2) is 24.6 Å². The number of rotatable bonds is 9. The summed E-state index contributed by atoms with van der Waals surface area (Å²) >= 11 is 0. The van der Waals surface area contributed by atoms with E-state index in [0.717, 1.165) is 22.1 Å². The molecule has 1 amide bonds. The zero-order valence-corrected chi connectivity index (χ0v) is 20.3. The van der Waals surface area contributed by atoms with E-state index in [9.17, 15) is 14.4 Å². The smallest absolute Gasteiger partial charge is 0.333 e. The van der Waals surface area contributed by atoms with Gasteiger partial charge in [-0.15, -0.1) is 0 Å². The number of imidazole rings is 1. The maximum atomic E-state index is 13.5. The van der Waals surface area contributed by atoms with Gasteiger partial charge in [0.1, 0.15) is 6.54 Å². The molecule has 2 heterocycles. The van der Waals surface area contributed by atoms with Crippen molar-refractivity contribution in [1.82, 2.24) is 24.0 Å². The molecule has 2 aromatic heterocycles. The number of nitrogens with one attached hydrogen (secondary N) is 1. The summed E-state index contributed by atoms with van der Waals surface area (Å²) in [6.07, 6.45) is 2.47. The molecule has 1 atom stereocenters. The van der Waals surface area contributed by atoms with Gasteiger partial charge in [0.25, 0.3) is 5.56 Å². The molecule has 0 radical (unpaired) electrons. The summed E-state index contributed by atoms with van der Waals surface area (Å²) in [7, 11) is 0. The molecule has 1 N–H and O–H groups in total. The molecule has 0 aliphatic carbocycles. The Morgan fingerprint density at radius 2 is 1.60 bits per heavy atom. The molecule has 4 aromatic rings. The number of carbonyl (C=O) groups is 1. The number of aryl methyl sites for hydroxylation is 1. The highest BCUT2D eigenvalue weighted by Gasteiger charge is 2.21. The quantitative estimate of drug-likeness (QED) is 0.404. The van der Waals surface area contributed by atoms with Crippen LogP contribution in [0.3, 0.4) is 0 Å². The third kappa shape index (κ3) is 5.42. The van der Waals surface area contributed by atoms with E-state index in [1.165, 1.54) is 4.57 Å². The van der Waals surface area contributed by atoms with E-state index in [2.05, 4.69) is 24.1 Å². The fourth-order valence-corrected chi connectivity index (χ4v) is 4.11. The molecule has 0 bridgehead atoms. The average molecular weight is 474 g/mol. The van der Waals surface area contributed by atoms with Gasteiger partial charge in [-0.05, 0) is 30.4 Å². The van der Waals surface area contributed by atoms with Crippen LogP contribution in [0.15, 0.2) is 76.6 Å². The van der Waals surface area contributed by atoms with Crippen molar-refractivity contribution in [1.29, 1.82) is 0 Å². The molecule has 0 aliphatic rings. The first-order valence-electron chi connectivity index (χ1n) is 11.9. The number of fused-ring (bicyclic) bond motifs is 1. The molecule has 4 rings (SSSR count). The molecular formula is C27H31N5O3. The molecule has 8 nitrogen and oxygen atoms in total. The van der Waals surface area contributed by atoms with Gasteiger partial charge in [0.15, 0.2) is 11.2 Å². The minimum Gasteiger partial charge on any atom is -0.348 e. The molecule has 0 spiro atoms. The van der Waals surface area contributed by atoms with Crippen LogP contribution >= 0.6 is 0 Å².